The summed E-state index contributed by atoms with van der Waals surface area (Å²) >= 11 is 7.62. The highest BCUT2D eigenvalue weighted by atomic mass is 35.5. The van der Waals surface area contributed by atoms with Gasteiger partial charge in [0.05, 0.1) is 22.9 Å². The van der Waals surface area contributed by atoms with Gasteiger partial charge in [-0.3, -0.25) is 9.78 Å². The Morgan fingerprint density at radius 2 is 2.17 bits per heavy atom. The molecule has 0 amide bonds. The summed E-state index contributed by atoms with van der Waals surface area (Å²) in [5.74, 6) is -0.585. The van der Waals surface area contributed by atoms with Crippen LogP contribution >= 0.6 is 22.9 Å². The molecule has 1 fully saturated rings. The summed E-state index contributed by atoms with van der Waals surface area (Å²) < 4.78 is 21.5. The lowest BCUT2D eigenvalue weighted by Gasteiger charge is -2.37. The summed E-state index contributed by atoms with van der Waals surface area (Å²) in [4.78, 5) is 19.9. The van der Waals surface area contributed by atoms with Crippen LogP contribution in [-0.4, -0.2) is 47.7 Å². The number of unbranched alkanes of at least 4 members (excludes halogenated alkanes) is 1. The first-order valence-electron chi connectivity index (χ1n) is 12.2. The number of carbonyl (C=O) groups is 1. The van der Waals surface area contributed by atoms with Crippen LogP contribution in [0.15, 0.2) is 42.6 Å². The van der Waals surface area contributed by atoms with Crippen molar-refractivity contribution in [2.24, 2.45) is 11.8 Å². The summed E-state index contributed by atoms with van der Waals surface area (Å²) in [7, 11) is 1.59. The minimum atomic E-state index is -1.18. The number of aliphatic carboxylic acids is 1. The number of aryl methyl sites for hydroxylation is 1. The minimum Gasteiger partial charge on any atom is -0.497 e. The summed E-state index contributed by atoms with van der Waals surface area (Å²) in [6.07, 6.45) is 5.18. The smallest absolute Gasteiger partial charge is 0.308 e. The van der Waals surface area contributed by atoms with Gasteiger partial charge in [0.25, 0.3) is 0 Å². The van der Waals surface area contributed by atoms with E-state index in [4.69, 9.17) is 16.3 Å². The third-order valence-corrected chi connectivity index (χ3v) is 8.34. The number of nitrogens with zero attached hydrogens (tertiary/aromatic N) is 2. The first-order valence-corrected chi connectivity index (χ1v) is 13.4. The SMILES string of the molecule is COc1ccc2nccc([C@H](F)CC[C@@H]3CCN(CCCCc4ccc(Cl)s4)C[C@@H]3C(=O)O)c2c1. The molecule has 0 spiro atoms. The number of hydrogen-bond donors (Lipinski definition) is 1. The molecule has 3 heterocycles. The number of rotatable bonds is 11. The van der Waals surface area contributed by atoms with Gasteiger partial charge in [0.1, 0.15) is 11.9 Å². The average molecular weight is 519 g/mol. The normalized spacial score (nSPS) is 19.6. The summed E-state index contributed by atoms with van der Waals surface area (Å²) in [5.41, 5.74) is 1.31. The van der Waals surface area contributed by atoms with Gasteiger partial charge >= 0.3 is 5.97 Å². The average Bonchev–Trinajstić information content (AvgIpc) is 3.29. The number of pyridine rings is 1. The lowest BCUT2D eigenvalue weighted by molar-refractivity contribution is -0.146. The van der Waals surface area contributed by atoms with Crippen LogP contribution < -0.4 is 4.74 Å². The van der Waals surface area contributed by atoms with Crippen molar-refractivity contribution < 1.29 is 19.0 Å². The van der Waals surface area contributed by atoms with Gasteiger partial charge in [-0.2, -0.15) is 0 Å². The predicted molar refractivity (Wildman–Crippen MR) is 139 cm³/mol. The molecular formula is C27H32ClFN2O3S. The highest BCUT2D eigenvalue weighted by Gasteiger charge is 2.34. The van der Waals surface area contributed by atoms with Crippen molar-refractivity contribution in [2.75, 3.05) is 26.7 Å². The second-order valence-corrected chi connectivity index (χ2v) is 11.1. The van der Waals surface area contributed by atoms with E-state index in [2.05, 4.69) is 16.0 Å². The first-order chi connectivity index (χ1) is 16.9. The molecule has 3 atom stereocenters. The molecule has 4 rings (SSSR count). The molecule has 0 aliphatic carbocycles. The van der Waals surface area contributed by atoms with Gasteiger partial charge in [-0.05, 0) is 99.5 Å². The third-order valence-electron chi connectivity index (χ3n) is 7.04. The maximum Gasteiger partial charge on any atom is 0.308 e. The topological polar surface area (TPSA) is 62.7 Å². The largest absolute Gasteiger partial charge is 0.497 e. The molecule has 1 aliphatic heterocycles. The van der Waals surface area contributed by atoms with Gasteiger partial charge in [0.2, 0.25) is 0 Å². The Kier molecular flexibility index (Phi) is 8.98. The Bertz CT molecular complexity index is 1140. The number of alkyl halides is 1. The molecule has 2 aromatic heterocycles. The van der Waals surface area contributed by atoms with Crippen molar-refractivity contribution in [3.63, 3.8) is 0 Å². The predicted octanol–water partition coefficient (Wildman–Crippen LogP) is 6.79. The van der Waals surface area contributed by atoms with E-state index in [1.54, 1.807) is 30.7 Å². The maximum atomic E-state index is 15.4. The van der Waals surface area contributed by atoms with Crippen LogP contribution in [0, 0.1) is 11.8 Å². The molecule has 5 nitrogen and oxygen atoms in total. The van der Waals surface area contributed by atoms with Crippen molar-refractivity contribution in [1.29, 1.82) is 0 Å². The van der Waals surface area contributed by atoms with Crippen LogP contribution in [0.4, 0.5) is 4.39 Å². The van der Waals surface area contributed by atoms with Crippen LogP contribution in [0.25, 0.3) is 10.9 Å². The van der Waals surface area contributed by atoms with E-state index in [-0.39, 0.29) is 5.92 Å². The van der Waals surface area contributed by atoms with E-state index in [0.29, 0.717) is 30.7 Å². The molecule has 0 saturated carbocycles. The van der Waals surface area contributed by atoms with Crippen molar-refractivity contribution in [3.8, 4) is 5.75 Å². The summed E-state index contributed by atoms with van der Waals surface area (Å²) in [6.45, 7) is 2.30. The van der Waals surface area contributed by atoms with E-state index in [1.165, 1.54) is 4.88 Å². The van der Waals surface area contributed by atoms with E-state index < -0.39 is 18.1 Å². The van der Waals surface area contributed by atoms with Crippen LogP contribution in [0.3, 0.4) is 0 Å². The second-order valence-electron chi connectivity index (χ2n) is 9.29. The number of carboxylic acid groups (broad SMARTS) is 1. The molecule has 1 aromatic carbocycles. The number of thiophene rings is 1. The van der Waals surface area contributed by atoms with Gasteiger partial charge < -0.3 is 14.7 Å². The molecule has 0 bridgehead atoms. The molecular weight excluding hydrogens is 487 g/mol. The standard InChI is InChI=1S/C27H32ClFN2O3S/c1-34-19-6-9-25-22(16-19)21(11-13-30-25)24(29)8-5-18-12-15-31(17-23(18)27(32)33)14-3-2-4-20-7-10-26(28)35-20/h6-7,9-11,13,16,18,23-24H,2-5,8,12,14-15,17H2,1H3,(H,32,33)/t18-,23+,24-/m1/s1. The number of fused-ring (bicyclic) bond motifs is 1. The zero-order chi connectivity index (χ0) is 24.8. The lowest BCUT2D eigenvalue weighted by atomic mass is 9.81. The third kappa shape index (κ3) is 6.72. The van der Waals surface area contributed by atoms with E-state index in [1.807, 2.05) is 24.3 Å². The number of benzene rings is 1. The van der Waals surface area contributed by atoms with Crippen LogP contribution in [0.1, 0.15) is 48.7 Å². The second kappa shape index (κ2) is 12.2. The fourth-order valence-electron chi connectivity index (χ4n) is 5.08. The van der Waals surface area contributed by atoms with Gasteiger partial charge in [-0.25, -0.2) is 4.39 Å². The Morgan fingerprint density at radius 3 is 2.91 bits per heavy atom. The Hall–Kier alpha value is -2.22. The molecule has 0 radical (unpaired) electrons. The minimum absolute atomic E-state index is 0.0158. The fraction of sp³-hybridized carbons (Fsp3) is 0.481. The molecule has 0 unspecified atom stereocenters. The molecule has 35 heavy (non-hydrogen) atoms. The van der Waals surface area contributed by atoms with Crippen molar-refractivity contribution in [1.82, 2.24) is 9.88 Å². The molecule has 1 aliphatic rings. The number of aromatic nitrogens is 1. The monoisotopic (exact) mass is 518 g/mol. The zero-order valence-electron chi connectivity index (χ0n) is 20.0. The zero-order valence-corrected chi connectivity index (χ0v) is 21.5. The maximum absolute atomic E-state index is 15.4. The molecule has 188 valence electrons. The fourth-order valence-corrected chi connectivity index (χ4v) is 6.21. The number of piperidine rings is 1. The van der Waals surface area contributed by atoms with Gasteiger partial charge in [0, 0.05) is 23.0 Å². The van der Waals surface area contributed by atoms with Crippen molar-refractivity contribution in [3.05, 3.63) is 57.4 Å². The number of carboxylic acids is 1. The van der Waals surface area contributed by atoms with Crippen molar-refractivity contribution >= 4 is 39.8 Å². The molecule has 1 saturated heterocycles. The Labute approximate surface area is 214 Å². The number of halogens is 2. The molecule has 1 N–H and O–H groups in total. The highest BCUT2D eigenvalue weighted by molar-refractivity contribution is 7.16. The molecule has 8 heteroatoms. The quantitative estimate of drug-likeness (QED) is 0.283. The summed E-state index contributed by atoms with van der Waals surface area (Å²) in [6, 6.07) is 11.2. The van der Waals surface area contributed by atoms with E-state index >= 15 is 4.39 Å². The highest BCUT2D eigenvalue weighted by Crippen LogP contribution is 2.35. The number of likely N-dealkylation sites (tertiary alicyclic amines) is 1. The van der Waals surface area contributed by atoms with Crippen LogP contribution in [0.2, 0.25) is 4.34 Å². The lowest BCUT2D eigenvalue weighted by Crippen LogP contribution is -2.44. The molecule has 3 aromatic rings. The van der Waals surface area contributed by atoms with E-state index in [0.717, 1.165) is 54.0 Å². The van der Waals surface area contributed by atoms with Crippen LogP contribution in [-0.2, 0) is 11.2 Å². The Balaban J connectivity index is 1.30. The van der Waals surface area contributed by atoms with Gasteiger partial charge in [-0.1, -0.05) is 11.6 Å². The number of ether oxygens (including phenoxy) is 1. The number of hydrogen-bond acceptors (Lipinski definition) is 5. The Morgan fingerprint density at radius 1 is 1.31 bits per heavy atom. The van der Waals surface area contributed by atoms with E-state index in [9.17, 15) is 9.90 Å². The summed E-state index contributed by atoms with van der Waals surface area (Å²) in [5, 5.41) is 10.6. The van der Waals surface area contributed by atoms with Gasteiger partial charge in [0.15, 0.2) is 0 Å². The first kappa shape index (κ1) is 25.9. The van der Waals surface area contributed by atoms with Gasteiger partial charge in [-0.15, -0.1) is 11.3 Å². The number of methoxy groups -OCH3 is 1. The van der Waals surface area contributed by atoms with Crippen LogP contribution in [0.5, 0.6) is 5.75 Å². The van der Waals surface area contributed by atoms with Crippen molar-refractivity contribution in [2.45, 2.75) is 44.7 Å².